The van der Waals surface area contributed by atoms with Crippen LogP contribution >= 0.6 is 11.8 Å². The molecule has 19 nitrogen and oxygen atoms in total. The summed E-state index contributed by atoms with van der Waals surface area (Å²) >= 11 is 1.83. The van der Waals surface area contributed by atoms with Gasteiger partial charge in [-0.05, 0) is 43.9 Å². The van der Waals surface area contributed by atoms with Crippen molar-refractivity contribution in [3.8, 4) is 0 Å². The molecule has 0 bridgehead atoms. The summed E-state index contributed by atoms with van der Waals surface area (Å²) < 4.78 is 0. The number of urea groups is 1. The molecule has 56 heavy (non-hydrogen) atoms. The van der Waals surface area contributed by atoms with Gasteiger partial charge in [0.25, 0.3) is 0 Å². The van der Waals surface area contributed by atoms with Crippen molar-refractivity contribution in [3.63, 3.8) is 0 Å². The zero-order valence-corrected chi connectivity index (χ0v) is 32.8. The second-order valence-corrected chi connectivity index (χ2v) is 15.8. The van der Waals surface area contributed by atoms with Gasteiger partial charge in [0, 0.05) is 88.1 Å². The summed E-state index contributed by atoms with van der Waals surface area (Å²) in [6.45, 7) is 5.05. The number of fused-ring (bicyclic) bond motifs is 1. The summed E-state index contributed by atoms with van der Waals surface area (Å²) in [5.74, 6) is -1.74. The molecule has 1 aromatic carbocycles. The molecule has 314 valence electrons. The number of carbonyl (C=O) groups excluding carboxylic acids is 3. The van der Waals surface area contributed by atoms with Gasteiger partial charge in [-0.3, -0.25) is 49.3 Å². The average molecular weight is 811 g/mol. The van der Waals surface area contributed by atoms with Gasteiger partial charge in [-0.1, -0.05) is 18.6 Å². The van der Waals surface area contributed by atoms with E-state index in [0.717, 1.165) is 24.2 Å². The van der Waals surface area contributed by atoms with Crippen LogP contribution in [-0.4, -0.2) is 190 Å². The molecule has 4 rings (SSSR count). The van der Waals surface area contributed by atoms with Gasteiger partial charge in [-0.15, -0.1) is 0 Å². The largest absolute Gasteiger partial charge is 0.480 e. The Hall–Kier alpha value is -3.60. The van der Waals surface area contributed by atoms with Gasteiger partial charge in [0.1, 0.15) is 6.04 Å². The summed E-state index contributed by atoms with van der Waals surface area (Å²) in [7, 11) is 0. The van der Waals surface area contributed by atoms with Crippen molar-refractivity contribution in [2.24, 2.45) is 0 Å². The minimum absolute atomic E-state index is 0.0605. The molecule has 3 aliphatic rings. The highest BCUT2D eigenvalue weighted by Gasteiger charge is 2.42. The number of carbonyl (C=O) groups is 5. The number of anilines is 1. The van der Waals surface area contributed by atoms with Gasteiger partial charge in [-0.2, -0.15) is 11.8 Å². The van der Waals surface area contributed by atoms with Crippen LogP contribution in [0.3, 0.4) is 0 Å². The van der Waals surface area contributed by atoms with Crippen molar-refractivity contribution in [1.29, 1.82) is 0 Å². The number of nitrogens with zero attached hydrogens (tertiary/aromatic N) is 4. The Labute approximate surface area is 331 Å². The van der Waals surface area contributed by atoms with Crippen LogP contribution in [0, 0.1) is 0 Å². The Kier molecular flexibility index (Phi) is 19.0. The number of nitrogens with one attached hydrogen (secondary N) is 4. The molecule has 5 unspecified atom stereocenters. The Morgan fingerprint density at radius 2 is 1.50 bits per heavy atom. The third-order valence-electron chi connectivity index (χ3n) is 10.4. The van der Waals surface area contributed by atoms with Crippen LogP contribution in [0.5, 0.6) is 0 Å². The summed E-state index contributed by atoms with van der Waals surface area (Å²) in [5, 5.41) is 49.4. The van der Waals surface area contributed by atoms with Crippen molar-refractivity contribution in [3.05, 3.63) is 29.8 Å². The summed E-state index contributed by atoms with van der Waals surface area (Å²) in [5.41, 5.74) is 1.36. The third kappa shape index (κ3) is 15.4. The minimum Gasteiger partial charge on any atom is -0.480 e. The molecule has 0 aliphatic carbocycles. The van der Waals surface area contributed by atoms with E-state index in [1.54, 1.807) is 24.0 Å². The van der Waals surface area contributed by atoms with E-state index in [-0.39, 0.29) is 62.8 Å². The Bertz CT molecular complexity index is 1430. The predicted molar refractivity (Wildman–Crippen MR) is 207 cm³/mol. The first-order valence-electron chi connectivity index (χ1n) is 19.2. The van der Waals surface area contributed by atoms with Gasteiger partial charge in [0.15, 0.2) is 0 Å². The molecular weight excluding hydrogens is 753 g/mol. The standard InChI is InChI=1S/C36H58N8O11S/c1-25(37-31(45)5-3-2-4-30-34-29(24-56-30)39-36(51)40-34)35(50)38-27-8-6-26(7-9-27)20-28-21-43(22-32(46)47)13-12-41(16-18-54-52)10-11-42(17-19-55-53)14-15-44(28)23-33(48)49/h6-9,25,28-30,34,52-53H,2-5,10-24H2,1H3,(H,37,45)(H,38,50)(H,46,47)(H,48,49)(H2,39,40,51). The van der Waals surface area contributed by atoms with Gasteiger partial charge >= 0.3 is 18.0 Å². The highest BCUT2D eigenvalue weighted by Crippen LogP contribution is 2.33. The Morgan fingerprint density at radius 3 is 2.12 bits per heavy atom. The molecule has 8 N–H and O–H groups in total. The number of carboxylic acid groups (broad SMARTS) is 2. The molecule has 0 aromatic heterocycles. The van der Waals surface area contributed by atoms with Crippen LogP contribution < -0.4 is 21.3 Å². The van der Waals surface area contributed by atoms with Gasteiger partial charge in [0.2, 0.25) is 11.8 Å². The molecule has 20 heteroatoms. The zero-order valence-electron chi connectivity index (χ0n) is 32.0. The first-order valence-corrected chi connectivity index (χ1v) is 20.2. The smallest absolute Gasteiger partial charge is 0.317 e. The molecule has 3 aliphatic heterocycles. The maximum atomic E-state index is 13.0. The molecule has 4 amide bonds. The number of hydrogen-bond acceptors (Lipinski definition) is 14. The van der Waals surface area contributed by atoms with E-state index in [9.17, 15) is 34.2 Å². The minimum atomic E-state index is -1.02. The van der Waals surface area contributed by atoms with Crippen LogP contribution in [0.1, 0.15) is 38.2 Å². The maximum absolute atomic E-state index is 13.0. The zero-order chi connectivity index (χ0) is 40.5. The number of unbranched alkanes of at least 4 members (excludes halogenated alkanes) is 1. The van der Waals surface area contributed by atoms with Crippen molar-refractivity contribution >= 4 is 47.2 Å². The highest BCUT2D eigenvalue weighted by atomic mass is 32.2. The topological polar surface area (TPSA) is 246 Å². The lowest BCUT2D eigenvalue weighted by molar-refractivity contribution is -0.245. The maximum Gasteiger partial charge on any atom is 0.317 e. The molecule has 3 heterocycles. The van der Waals surface area contributed by atoms with Crippen LogP contribution in [-0.2, 0) is 35.4 Å². The SMILES string of the molecule is CC(NC(=O)CCCCC1SCC2NC(=O)NC21)C(=O)Nc1ccc(CC2CN(CC(=O)O)CCN(CCOO)CCN(CCOO)CCN2CC(=O)O)cc1. The molecule has 1 aromatic rings. The first-order chi connectivity index (χ1) is 26.9. The van der Waals surface area contributed by atoms with E-state index in [1.165, 1.54) is 0 Å². The average Bonchev–Trinajstić information content (AvgIpc) is 3.71. The summed E-state index contributed by atoms with van der Waals surface area (Å²) in [6, 6.07) is 6.12. The Morgan fingerprint density at radius 1 is 0.875 bits per heavy atom. The molecule has 0 saturated carbocycles. The monoisotopic (exact) mass is 810 g/mol. The summed E-state index contributed by atoms with van der Waals surface area (Å²) in [6.07, 6.45) is 3.08. The van der Waals surface area contributed by atoms with Crippen molar-refractivity contribution < 1.29 is 54.5 Å². The van der Waals surface area contributed by atoms with E-state index < -0.39 is 24.0 Å². The lowest BCUT2D eigenvalue weighted by Gasteiger charge is -2.38. The normalized spacial score (nSPS) is 23.6. The van der Waals surface area contributed by atoms with E-state index in [4.69, 9.17) is 10.5 Å². The fourth-order valence-electron chi connectivity index (χ4n) is 7.34. The van der Waals surface area contributed by atoms with Gasteiger partial charge < -0.3 is 31.5 Å². The van der Waals surface area contributed by atoms with Crippen molar-refractivity contribution in [2.75, 3.05) is 96.3 Å². The van der Waals surface area contributed by atoms with E-state index in [2.05, 4.69) is 31.0 Å². The number of amides is 4. The number of thioether (sulfide) groups is 1. The lowest BCUT2D eigenvalue weighted by atomic mass is 10.0. The van der Waals surface area contributed by atoms with Gasteiger partial charge in [0.05, 0.1) is 38.4 Å². The van der Waals surface area contributed by atoms with Crippen LogP contribution in [0.4, 0.5) is 10.5 Å². The second-order valence-electron chi connectivity index (χ2n) is 14.5. The number of benzene rings is 1. The quantitative estimate of drug-likeness (QED) is 0.0378. The third-order valence-corrected chi connectivity index (χ3v) is 11.9. The molecule has 0 spiro atoms. The fraction of sp³-hybridized carbons (Fsp3) is 0.694. The van der Waals surface area contributed by atoms with Crippen LogP contribution in [0.2, 0.25) is 0 Å². The summed E-state index contributed by atoms with van der Waals surface area (Å²) in [4.78, 5) is 77.5. The second kappa shape index (κ2) is 23.6. The van der Waals surface area contributed by atoms with Crippen LogP contribution in [0.15, 0.2) is 24.3 Å². The van der Waals surface area contributed by atoms with E-state index in [1.807, 2.05) is 38.6 Å². The number of hydrogen-bond donors (Lipinski definition) is 8. The molecule has 0 radical (unpaired) electrons. The molecular formula is C36H58N8O11S. The Balaban J connectivity index is 1.34. The number of carboxylic acids is 2. The molecule has 3 fully saturated rings. The van der Waals surface area contributed by atoms with Crippen molar-refractivity contribution in [2.45, 2.75) is 68.4 Å². The number of aliphatic carboxylic acids is 2. The fourth-order valence-corrected chi connectivity index (χ4v) is 8.89. The highest BCUT2D eigenvalue weighted by molar-refractivity contribution is 8.00. The van der Waals surface area contributed by atoms with Gasteiger partial charge in [-0.25, -0.2) is 14.6 Å². The van der Waals surface area contributed by atoms with Crippen LogP contribution in [0.25, 0.3) is 0 Å². The molecule has 5 atom stereocenters. The molecule has 3 saturated heterocycles. The van der Waals surface area contributed by atoms with E-state index >= 15 is 0 Å². The van der Waals surface area contributed by atoms with Crippen molar-refractivity contribution in [1.82, 2.24) is 35.6 Å². The van der Waals surface area contributed by atoms with E-state index in [0.29, 0.717) is 82.6 Å². The first kappa shape index (κ1) is 45.1. The predicted octanol–water partition coefficient (Wildman–Crippen LogP) is 0.137. The lowest BCUT2D eigenvalue weighted by Crippen LogP contribution is -2.53. The number of rotatable bonds is 20.